The molecule has 0 radical (unpaired) electrons. The maximum atomic E-state index is 11.5. The molecule has 0 aliphatic carbocycles. The number of phenols is 1. The summed E-state index contributed by atoms with van der Waals surface area (Å²) in [6.07, 6.45) is 1.68. The van der Waals surface area contributed by atoms with Gasteiger partial charge in [-0.15, -0.1) is 0 Å². The summed E-state index contributed by atoms with van der Waals surface area (Å²) < 4.78 is 11.1. The van der Waals surface area contributed by atoms with Gasteiger partial charge in [-0.1, -0.05) is 117 Å². The number of rotatable bonds is 7. The van der Waals surface area contributed by atoms with Crippen LogP contribution in [0.15, 0.2) is 158 Å². The largest absolute Gasteiger partial charge is 0.507 e. The van der Waals surface area contributed by atoms with E-state index in [2.05, 4.69) is 58.1 Å². The average Bonchev–Trinajstić information content (AvgIpc) is 3.57. The van der Waals surface area contributed by atoms with Gasteiger partial charge >= 0.3 is 0 Å². The Labute approximate surface area is 298 Å². The molecule has 8 rings (SSSR count). The van der Waals surface area contributed by atoms with Crippen LogP contribution in [0.1, 0.15) is 32.2 Å². The van der Waals surface area contributed by atoms with Gasteiger partial charge < -0.3 is 5.11 Å². The smallest absolute Gasteiger partial charge is 0.149 e. The number of aromatic hydroxyl groups is 1. The molecule has 2 heterocycles. The van der Waals surface area contributed by atoms with Crippen molar-refractivity contribution >= 4 is 11.0 Å². The van der Waals surface area contributed by atoms with Crippen LogP contribution in [-0.2, 0) is 0 Å². The van der Waals surface area contributed by atoms with E-state index in [9.17, 15) is 10.4 Å². The summed E-state index contributed by atoms with van der Waals surface area (Å²) in [6, 6.07) is 52.2. The number of aromatic nitrogens is 3. The summed E-state index contributed by atoms with van der Waals surface area (Å²) in [5.74, 6) is -0.215. The number of imidazole rings is 1. The van der Waals surface area contributed by atoms with Crippen molar-refractivity contribution in [2.24, 2.45) is 0 Å². The molecule has 1 N–H and O–H groups in total. The Bertz CT molecular complexity index is 2630. The second-order valence-corrected chi connectivity index (χ2v) is 12.7. The van der Waals surface area contributed by atoms with Gasteiger partial charge in [0.05, 0.1) is 33.5 Å². The fourth-order valence-electron chi connectivity index (χ4n) is 6.75. The van der Waals surface area contributed by atoms with Gasteiger partial charge in [-0.2, -0.15) is 5.26 Å². The predicted octanol–water partition coefficient (Wildman–Crippen LogP) is 11.5. The number of nitrogens with zero attached hydrogens (tertiary/aromatic N) is 4. The molecule has 0 bridgehead atoms. The Kier molecular flexibility index (Phi) is 7.88. The zero-order valence-corrected chi connectivity index (χ0v) is 28.2. The first-order valence-electron chi connectivity index (χ1n) is 17.4. The van der Waals surface area contributed by atoms with Gasteiger partial charge in [-0.05, 0) is 82.2 Å². The molecule has 244 valence electrons. The summed E-state index contributed by atoms with van der Waals surface area (Å²) in [7, 11) is 0. The molecule has 0 aliphatic heterocycles. The minimum Gasteiger partial charge on any atom is -0.507 e. The lowest BCUT2D eigenvalue weighted by molar-refractivity contribution is 0.477. The third-order valence-corrected chi connectivity index (χ3v) is 9.28. The van der Waals surface area contributed by atoms with Crippen LogP contribution in [0.3, 0.4) is 0 Å². The van der Waals surface area contributed by atoms with Crippen LogP contribution in [0.5, 0.6) is 5.75 Å². The van der Waals surface area contributed by atoms with E-state index in [0.717, 1.165) is 61.2 Å². The Morgan fingerprint density at radius 3 is 2.12 bits per heavy atom. The van der Waals surface area contributed by atoms with Crippen molar-refractivity contribution in [3.8, 4) is 73.5 Å². The summed E-state index contributed by atoms with van der Waals surface area (Å²) in [6.45, 7) is 3.71. The fraction of sp³-hybridized carbons (Fsp3) is 0.0652. The molecule has 0 aliphatic rings. The Morgan fingerprint density at radius 2 is 1.35 bits per heavy atom. The first kappa shape index (κ1) is 30.3. The lowest BCUT2D eigenvalue weighted by Crippen LogP contribution is -2.00. The molecule has 2 aromatic heterocycles. The highest BCUT2D eigenvalue weighted by atomic mass is 16.3. The molecule has 0 unspecified atom stereocenters. The van der Waals surface area contributed by atoms with Crippen molar-refractivity contribution in [1.82, 2.24) is 14.5 Å². The maximum Gasteiger partial charge on any atom is 0.149 e. The molecule has 51 heavy (non-hydrogen) atoms. The molecule has 0 amide bonds. The molecule has 0 spiro atoms. The minimum atomic E-state index is -0.928. The third kappa shape index (κ3) is 5.83. The van der Waals surface area contributed by atoms with E-state index >= 15 is 0 Å². The first-order chi connectivity index (χ1) is 25.3. The van der Waals surface area contributed by atoms with Crippen LogP contribution in [0.2, 0.25) is 0 Å². The fourth-order valence-corrected chi connectivity index (χ4v) is 6.75. The minimum absolute atomic E-state index is 0.120. The molecule has 0 saturated carbocycles. The summed E-state index contributed by atoms with van der Waals surface area (Å²) >= 11 is 0. The number of para-hydroxylation sites is 2. The second-order valence-electron chi connectivity index (χ2n) is 12.7. The molecule has 0 saturated heterocycles. The van der Waals surface area contributed by atoms with Crippen LogP contribution in [0, 0.1) is 11.3 Å². The van der Waals surface area contributed by atoms with Crippen molar-refractivity contribution in [2.75, 3.05) is 0 Å². The van der Waals surface area contributed by atoms with E-state index in [1.165, 1.54) is 0 Å². The number of nitriles is 1. The summed E-state index contributed by atoms with van der Waals surface area (Å²) in [5.41, 5.74) is 11.4. The van der Waals surface area contributed by atoms with Crippen LogP contribution in [0.25, 0.3) is 72.7 Å². The van der Waals surface area contributed by atoms with Crippen molar-refractivity contribution < 1.29 is 6.48 Å². The molecule has 0 fully saturated rings. The van der Waals surface area contributed by atoms with Crippen LogP contribution < -0.4 is 0 Å². The average molecular weight is 660 g/mol. The summed E-state index contributed by atoms with van der Waals surface area (Å²) in [5, 5.41) is 21.5. The topological polar surface area (TPSA) is 74.7 Å². The highest BCUT2D eigenvalue weighted by Crippen LogP contribution is 2.42. The first-order valence-corrected chi connectivity index (χ1v) is 16.9. The van der Waals surface area contributed by atoms with Gasteiger partial charge in [-0.3, -0.25) is 9.55 Å². The maximum absolute atomic E-state index is 11.5. The third-order valence-electron chi connectivity index (χ3n) is 9.28. The Balaban J connectivity index is 1.44. The molecule has 5 nitrogen and oxygen atoms in total. The van der Waals surface area contributed by atoms with Crippen molar-refractivity contribution in [3.63, 3.8) is 0 Å². The Hall–Kier alpha value is -6.77. The van der Waals surface area contributed by atoms with Gasteiger partial charge in [0.15, 0.2) is 0 Å². The van der Waals surface area contributed by atoms with Crippen LogP contribution >= 0.6 is 0 Å². The predicted molar refractivity (Wildman–Crippen MR) is 207 cm³/mol. The lowest BCUT2D eigenvalue weighted by Gasteiger charge is -2.16. The zero-order valence-electron chi connectivity index (χ0n) is 29.2. The number of hydrogen-bond donors (Lipinski definition) is 1. The number of hydrogen-bond acceptors (Lipinski definition) is 4. The van der Waals surface area contributed by atoms with Gasteiger partial charge in [0.25, 0.3) is 0 Å². The molecule has 6 aromatic carbocycles. The summed E-state index contributed by atoms with van der Waals surface area (Å²) in [4.78, 5) is 9.97. The van der Waals surface area contributed by atoms with Crippen molar-refractivity contribution in [2.45, 2.75) is 19.7 Å². The van der Waals surface area contributed by atoms with Crippen LogP contribution in [-0.4, -0.2) is 19.6 Å². The van der Waals surface area contributed by atoms with E-state index in [4.69, 9.17) is 6.35 Å². The highest BCUT2D eigenvalue weighted by molar-refractivity contribution is 5.98. The van der Waals surface area contributed by atoms with E-state index in [0.29, 0.717) is 22.6 Å². The van der Waals surface area contributed by atoms with Gasteiger partial charge in [0.1, 0.15) is 17.6 Å². The molecule has 0 atom stereocenters. The van der Waals surface area contributed by atoms with E-state index in [-0.39, 0.29) is 5.75 Å². The molecular formula is C46H34N4O. The molecular weight excluding hydrogens is 625 g/mol. The molecule has 8 aromatic rings. The standard InChI is InChI=1S/C46H34N4O/c1-30(2)35-25-36(27-37(26-35)44-34(29-47)17-12-24-48-44)39-19-11-21-42-45(39)49-46(40-28-33(22-23-43(40)51)31-13-5-3-6-14-31)50(42)41-20-10-9-18-38(41)32-15-7-4-8-16-32/h3-28,30,51H,1-2H3/i30D. The SMILES string of the molecule is [2H]C(C)(C)c1cc(-c2ncccc2C#N)cc(-c2cccc3c2nc(-c2cc(-c4ccccc4)ccc2O)n3-c2ccccc2-c2ccccc2)c1. The molecule has 5 heteroatoms. The van der Waals surface area contributed by atoms with E-state index in [1.54, 1.807) is 24.4 Å². The quantitative estimate of drug-likeness (QED) is 0.185. The Morgan fingerprint density at radius 1 is 0.647 bits per heavy atom. The monoisotopic (exact) mass is 659 g/mol. The van der Waals surface area contributed by atoms with Crippen molar-refractivity contribution in [1.29, 1.82) is 5.26 Å². The van der Waals surface area contributed by atoms with E-state index in [1.807, 2.05) is 105 Å². The van der Waals surface area contributed by atoms with Gasteiger partial charge in [-0.25, -0.2) is 4.98 Å². The highest BCUT2D eigenvalue weighted by Gasteiger charge is 2.23. The zero-order chi connectivity index (χ0) is 35.8. The second kappa shape index (κ2) is 13.3. The number of benzene rings is 6. The van der Waals surface area contributed by atoms with Crippen LogP contribution in [0.4, 0.5) is 0 Å². The van der Waals surface area contributed by atoms with Crippen molar-refractivity contribution in [3.05, 3.63) is 169 Å². The normalized spacial score (nSPS) is 11.7. The lowest BCUT2D eigenvalue weighted by atomic mass is 9.92. The van der Waals surface area contributed by atoms with Gasteiger partial charge in [0, 0.05) is 24.3 Å². The number of pyridine rings is 1. The van der Waals surface area contributed by atoms with Gasteiger partial charge in [0.2, 0.25) is 0 Å². The number of fused-ring (bicyclic) bond motifs is 1. The van der Waals surface area contributed by atoms with E-state index < -0.39 is 5.89 Å². The number of phenolic OH excluding ortho intramolecular Hbond substituents is 1.